The van der Waals surface area contributed by atoms with Crippen LogP contribution in [0.1, 0.15) is 30.0 Å². The zero-order valence-corrected chi connectivity index (χ0v) is 11.5. The third kappa shape index (κ3) is 5.56. The molecule has 0 aromatic carbocycles. The maximum atomic E-state index is 11.4. The third-order valence-corrected chi connectivity index (χ3v) is 2.37. The van der Waals surface area contributed by atoms with E-state index in [-0.39, 0.29) is 12.5 Å². The third-order valence-electron chi connectivity index (χ3n) is 2.37. The zero-order chi connectivity index (χ0) is 14.3. The highest BCUT2D eigenvalue weighted by Crippen LogP contribution is 2.08. The fourth-order valence-corrected chi connectivity index (χ4v) is 1.38. The van der Waals surface area contributed by atoms with E-state index in [1.54, 1.807) is 6.07 Å². The number of nitrogens with one attached hydrogen (secondary N) is 2. The van der Waals surface area contributed by atoms with Gasteiger partial charge in [0.25, 0.3) is 0 Å². The van der Waals surface area contributed by atoms with Crippen LogP contribution in [0.4, 0.5) is 0 Å². The van der Waals surface area contributed by atoms with Gasteiger partial charge in [-0.3, -0.25) is 4.79 Å². The van der Waals surface area contributed by atoms with Gasteiger partial charge in [-0.25, -0.2) is 4.79 Å². The van der Waals surface area contributed by atoms with Gasteiger partial charge in [-0.05, 0) is 12.0 Å². The van der Waals surface area contributed by atoms with Crippen LogP contribution in [0.25, 0.3) is 0 Å². The Hall–Kier alpha value is -1.82. The number of methoxy groups -OCH3 is 1. The molecular formula is C13H20N2O4. The van der Waals surface area contributed by atoms with Crippen molar-refractivity contribution in [3.8, 4) is 0 Å². The van der Waals surface area contributed by atoms with Gasteiger partial charge < -0.3 is 19.8 Å². The molecule has 0 aliphatic rings. The van der Waals surface area contributed by atoms with E-state index in [9.17, 15) is 9.59 Å². The van der Waals surface area contributed by atoms with Gasteiger partial charge in [-0.15, -0.1) is 0 Å². The minimum atomic E-state index is -0.440. The van der Waals surface area contributed by atoms with Gasteiger partial charge in [-0.1, -0.05) is 13.8 Å². The highest BCUT2D eigenvalue weighted by molar-refractivity contribution is 5.88. The molecule has 106 valence electrons. The van der Waals surface area contributed by atoms with Crippen molar-refractivity contribution in [3.63, 3.8) is 0 Å². The number of hydrogen-bond acceptors (Lipinski definition) is 5. The van der Waals surface area contributed by atoms with Crippen molar-refractivity contribution in [2.24, 2.45) is 5.92 Å². The largest absolute Gasteiger partial charge is 0.467 e. The van der Waals surface area contributed by atoms with Crippen LogP contribution >= 0.6 is 0 Å². The lowest BCUT2D eigenvalue weighted by molar-refractivity contribution is -0.120. The van der Waals surface area contributed by atoms with Crippen LogP contribution in [0, 0.1) is 5.92 Å². The molecule has 6 heteroatoms. The summed E-state index contributed by atoms with van der Waals surface area (Å²) in [5.41, 5.74) is 0.364. The normalized spacial score (nSPS) is 10.5. The summed E-state index contributed by atoms with van der Waals surface area (Å²) >= 11 is 0. The average molecular weight is 268 g/mol. The number of carbonyl (C=O) groups is 2. The first kappa shape index (κ1) is 15.2. The summed E-state index contributed by atoms with van der Waals surface area (Å²) in [4.78, 5) is 22.6. The van der Waals surface area contributed by atoms with E-state index in [4.69, 9.17) is 4.42 Å². The summed E-state index contributed by atoms with van der Waals surface area (Å²) in [6.07, 6.45) is 1.34. The van der Waals surface area contributed by atoms with Crippen molar-refractivity contribution in [1.29, 1.82) is 0 Å². The van der Waals surface area contributed by atoms with E-state index in [1.807, 2.05) is 13.8 Å². The van der Waals surface area contributed by atoms with Crippen LogP contribution in [-0.4, -0.2) is 32.1 Å². The first-order valence-corrected chi connectivity index (χ1v) is 6.16. The molecule has 1 heterocycles. The van der Waals surface area contributed by atoms with Crippen LogP contribution in [0.3, 0.4) is 0 Å². The highest BCUT2D eigenvalue weighted by Gasteiger charge is 2.10. The molecule has 1 aromatic rings. The molecule has 1 rings (SSSR count). The second-order valence-corrected chi connectivity index (χ2v) is 4.59. The standard InChI is InChI=1S/C13H20N2O4/c1-9(2)5-15-12(16)7-14-6-11-4-10(8-19-11)13(17)18-3/h4,8-9,14H,5-7H2,1-3H3,(H,15,16). The Kier molecular flexibility index (Phi) is 6.08. The molecule has 0 radical (unpaired) electrons. The van der Waals surface area contributed by atoms with Crippen LogP contribution in [0.2, 0.25) is 0 Å². The minimum absolute atomic E-state index is 0.0616. The molecule has 0 saturated carbocycles. The van der Waals surface area contributed by atoms with E-state index >= 15 is 0 Å². The van der Waals surface area contributed by atoms with Crippen molar-refractivity contribution in [2.45, 2.75) is 20.4 Å². The molecule has 0 aliphatic heterocycles. The molecule has 1 aromatic heterocycles. The van der Waals surface area contributed by atoms with Crippen molar-refractivity contribution in [1.82, 2.24) is 10.6 Å². The SMILES string of the molecule is COC(=O)c1coc(CNCC(=O)NCC(C)C)c1. The number of rotatable bonds is 7. The van der Waals surface area contributed by atoms with E-state index in [0.717, 1.165) is 0 Å². The van der Waals surface area contributed by atoms with Crippen LogP contribution in [0.15, 0.2) is 16.7 Å². The molecule has 0 atom stereocenters. The highest BCUT2D eigenvalue weighted by atomic mass is 16.5. The molecule has 0 bridgehead atoms. The molecular weight excluding hydrogens is 248 g/mol. The van der Waals surface area contributed by atoms with Crippen LogP contribution < -0.4 is 10.6 Å². The van der Waals surface area contributed by atoms with Gasteiger partial charge in [0.05, 0.1) is 25.8 Å². The first-order valence-electron chi connectivity index (χ1n) is 6.16. The van der Waals surface area contributed by atoms with E-state index in [0.29, 0.717) is 30.3 Å². The van der Waals surface area contributed by atoms with Crippen LogP contribution in [-0.2, 0) is 16.1 Å². The summed E-state index contributed by atoms with van der Waals surface area (Å²) < 4.78 is 9.74. The fraction of sp³-hybridized carbons (Fsp3) is 0.538. The molecule has 19 heavy (non-hydrogen) atoms. The maximum Gasteiger partial charge on any atom is 0.341 e. The lowest BCUT2D eigenvalue weighted by atomic mass is 10.2. The van der Waals surface area contributed by atoms with E-state index in [1.165, 1.54) is 13.4 Å². The minimum Gasteiger partial charge on any atom is -0.467 e. The van der Waals surface area contributed by atoms with Gasteiger partial charge in [0.1, 0.15) is 12.0 Å². The topological polar surface area (TPSA) is 80.6 Å². The fourth-order valence-electron chi connectivity index (χ4n) is 1.38. The Morgan fingerprint density at radius 2 is 2.16 bits per heavy atom. The van der Waals surface area contributed by atoms with Gasteiger partial charge >= 0.3 is 5.97 Å². The lowest BCUT2D eigenvalue weighted by Crippen LogP contribution is -2.35. The summed E-state index contributed by atoms with van der Waals surface area (Å²) in [6.45, 7) is 5.32. The second-order valence-electron chi connectivity index (χ2n) is 4.59. The molecule has 0 spiro atoms. The number of hydrogen-bond donors (Lipinski definition) is 2. The monoisotopic (exact) mass is 268 g/mol. The summed E-state index contributed by atoms with van der Waals surface area (Å²) in [5, 5.41) is 5.73. The number of ether oxygens (including phenoxy) is 1. The Balaban J connectivity index is 2.27. The zero-order valence-electron chi connectivity index (χ0n) is 11.5. The predicted octanol–water partition coefficient (Wildman–Crippen LogP) is 0.928. The Labute approximate surface area is 112 Å². The Morgan fingerprint density at radius 3 is 2.79 bits per heavy atom. The molecule has 0 unspecified atom stereocenters. The van der Waals surface area contributed by atoms with Crippen LogP contribution in [0.5, 0.6) is 0 Å². The molecule has 0 fully saturated rings. The Bertz CT molecular complexity index is 426. The maximum absolute atomic E-state index is 11.4. The smallest absolute Gasteiger partial charge is 0.341 e. The number of esters is 1. The summed E-state index contributed by atoms with van der Waals surface area (Å²) in [5.74, 6) is 0.506. The first-order chi connectivity index (χ1) is 9.02. The lowest BCUT2D eigenvalue weighted by Gasteiger charge is -2.07. The van der Waals surface area contributed by atoms with Crippen molar-refractivity contribution in [2.75, 3.05) is 20.2 Å². The van der Waals surface area contributed by atoms with Gasteiger partial charge in [0.15, 0.2) is 0 Å². The molecule has 0 saturated heterocycles. The second kappa shape index (κ2) is 7.58. The van der Waals surface area contributed by atoms with Crippen molar-refractivity contribution < 1.29 is 18.7 Å². The quantitative estimate of drug-likeness (QED) is 0.719. The summed E-state index contributed by atoms with van der Waals surface area (Å²) in [6, 6.07) is 1.59. The predicted molar refractivity (Wildman–Crippen MR) is 69.6 cm³/mol. The Morgan fingerprint density at radius 1 is 1.42 bits per heavy atom. The number of furan rings is 1. The van der Waals surface area contributed by atoms with Crippen molar-refractivity contribution >= 4 is 11.9 Å². The summed E-state index contributed by atoms with van der Waals surface area (Å²) in [7, 11) is 1.31. The van der Waals surface area contributed by atoms with Gasteiger partial charge in [-0.2, -0.15) is 0 Å². The van der Waals surface area contributed by atoms with Gasteiger partial charge in [0.2, 0.25) is 5.91 Å². The average Bonchev–Trinajstić information content (AvgIpc) is 2.84. The number of carbonyl (C=O) groups excluding carboxylic acids is 2. The molecule has 6 nitrogen and oxygen atoms in total. The van der Waals surface area contributed by atoms with Crippen molar-refractivity contribution in [3.05, 3.63) is 23.7 Å². The number of amides is 1. The van der Waals surface area contributed by atoms with Gasteiger partial charge in [0, 0.05) is 6.54 Å². The molecule has 2 N–H and O–H groups in total. The molecule has 1 amide bonds. The molecule has 0 aliphatic carbocycles. The van der Waals surface area contributed by atoms with E-state index < -0.39 is 5.97 Å². The van der Waals surface area contributed by atoms with E-state index in [2.05, 4.69) is 15.4 Å².